The highest BCUT2D eigenvalue weighted by atomic mass is 32.2. The van der Waals surface area contributed by atoms with E-state index in [9.17, 15) is 14.0 Å². The zero-order valence-corrected chi connectivity index (χ0v) is 13.8. The Kier molecular flexibility index (Phi) is 5.15. The summed E-state index contributed by atoms with van der Waals surface area (Å²) in [6.45, 7) is 0.700. The molecular formula is C18H17FN2O2S. The Bertz CT molecular complexity index is 749. The predicted octanol–water partition coefficient (Wildman–Crippen LogP) is 2.97. The first-order valence-electron chi connectivity index (χ1n) is 7.67. The third kappa shape index (κ3) is 3.94. The summed E-state index contributed by atoms with van der Waals surface area (Å²) in [6, 6.07) is 13.7. The van der Waals surface area contributed by atoms with E-state index >= 15 is 0 Å². The van der Waals surface area contributed by atoms with Crippen molar-refractivity contribution in [2.45, 2.75) is 17.9 Å². The van der Waals surface area contributed by atoms with Gasteiger partial charge in [-0.1, -0.05) is 24.3 Å². The number of hydrogen-bond donors (Lipinski definition) is 1. The molecule has 1 aliphatic heterocycles. The Morgan fingerprint density at radius 1 is 1.17 bits per heavy atom. The number of carbonyl (C=O) groups is 2. The first kappa shape index (κ1) is 16.5. The van der Waals surface area contributed by atoms with Gasteiger partial charge in [0, 0.05) is 24.4 Å². The second-order valence-electron chi connectivity index (χ2n) is 5.45. The molecule has 6 heteroatoms. The van der Waals surface area contributed by atoms with Gasteiger partial charge in [0.1, 0.15) is 5.82 Å². The molecule has 124 valence electrons. The molecule has 1 heterocycles. The summed E-state index contributed by atoms with van der Waals surface area (Å²) in [6.07, 6.45) is 0.228. The molecule has 0 fully saturated rings. The molecule has 0 saturated carbocycles. The Morgan fingerprint density at radius 2 is 1.92 bits per heavy atom. The van der Waals surface area contributed by atoms with E-state index in [1.807, 2.05) is 24.3 Å². The normalized spacial score (nSPS) is 13.5. The standard InChI is InChI=1S/C18H17FN2O2S/c19-14-7-5-13(6-8-14)11-20-17(22)9-10-21-15-3-1-2-4-16(15)24-12-18(21)23/h1-8H,9-12H2,(H,20,22). The number of nitrogens with one attached hydrogen (secondary N) is 1. The van der Waals surface area contributed by atoms with Crippen LogP contribution in [0.25, 0.3) is 0 Å². The van der Waals surface area contributed by atoms with Crippen LogP contribution in [0.15, 0.2) is 53.4 Å². The molecule has 0 aliphatic carbocycles. The molecule has 0 spiro atoms. The number of benzene rings is 2. The quantitative estimate of drug-likeness (QED) is 0.907. The van der Waals surface area contributed by atoms with Gasteiger partial charge in [-0.05, 0) is 29.8 Å². The second-order valence-corrected chi connectivity index (χ2v) is 6.47. The van der Waals surface area contributed by atoms with Gasteiger partial charge >= 0.3 is 0 Å². The first-order chi connectivity index (χ1) is 11.6. The summed E-state index contributed by atoms with van der Waals surface area (Å²) in [7, 11) is 0. The van der Waals surface area contributed by atoms with E-state index in [-0.39, 0.29) is 24.1 Å². The molecule has 2 aromatic carbocycles. The van der Waals surface area contributed by atoms with Gasteiger partial charge in [-0.15, -0.1) is 11.8 Å². The molecule has 2 amide bonds. The van der Waals surface area contributed by atoms with Gasteiger partial charge in [0.05, 0.1) is 11.4 Å². The van der Waals surface area contributed by atoms with E-state index in [4.69, 9.17) is 0 Å². The molecule has 4 nitrogen and oxygen atoms in total. The second kappa shape index (κ2) is 7.49. The lowest BCUT2D eigenvalue weighted by Gasteiger charge is -2.28. The number of rotatable bonds is 5. The molecule has 1 aliphatic rings. The molecule has 0 radical (unpaired) electrons. The third-order valence-corrected chi connectivity index (χ3v) is 4.82. The van der Waals surface area contributed by atoms with E-state index in [1.54, 1.807) is 17.0 Å². The smallest absolute Gasteiger partial charge is 0.237 e. The average molecular weight is 344 g/mol. The van der Waals surface area contributed by atoms with Crippen molar-refractivity contribution >= 4 is 29.3 Å². The van der Waals surface area contributed by atoms with Crippen molar-refractivity contribution in [2.24, 2.45) is 0 Å². The maximum Gasteiger partial charge on any atom is 0.237 e. The minimum Gasteiger partial charge on any atom is -0.352 e. The zero-order valence-electron chi connectivity index (χ0n) is 13.0. The number of para-hydroxylation sites is 1. The molecular weight excluding hydrogens is 327 g/mol. The van der Waals surface area contributed by atoms with Crippen molar-refractivity contribution < 1.29 is 14.0 Å². The lowest BCUT2D eigenvalue weighted by Crippen LogP contribution is -2.38. The van der Waals surface area contributed by atoms with Crippen molar-refractivity contribution in [2.75, 3.05) is 17.2 Å². The van der Waals surface area contributed by atoms with Crippen molar-refractivity contribution in [3.05, 3.63) is 59.9 Å². The van der Waals surface area contributed by atoms with E-state index in [0.717, 1.165) is 16.1 Å². The first-order valence-corrected chi connectivity index (χ1v) is 8.65. The van der Waals surface area contributed by atoms with Crippen LogP contribution in [0.3, 0.4) is 0 Å². The number of fused-ring (bicyclic) bond motifs is 1. The Balaban J connectivity index is 1.54. The lowest BCUT2D eigenvalue weighted by molar-refractivity contribution is -0.121. The van der Waals surface area contributed by atoms with Gasteiger partial charge in [0.15, 0.2) is 0 Å². The van der Waals surface area contributed by atoms with Crippen LogP contribution in [0.1, 0.15) is 12.0 Å². The Hall–Kier alpha value is -2.34. The van der Waals surface area contributed by atoms with Gasteiger partial charge < -0.3 is 10.2 Å². The monoisotopic (exact) mass is 344 g/mol. The fourth-order valence-electron chi connectivity index (χ4n) is 2.50. The van der Waals surface area contributed by atoms with Gasteiger partial charge in [-0.2, -0.15) is 0 Å². The molecule has 0 bridgehead atoms. The van der Waals surface area contributed by atoms with Crippen molar-refractivity contribution in [3.63, 3.8) is 0 Å². The van der Waals surface area contributed by atoms with E-state index in [0.29, 0.717) is 18.8 Å². The van der Waals surface area contributed by atoms with Crippen LogP contribution in [0, 0.1) is 5.82 Å². The highest BCUT2D eigenvalue weighted by molar-refractivity contribution is 8.00. The molecule has 0 aromatic heterocycles. The zero-order chi connectivity index (χ0) is 16.9. The largest absolute Gasteiger partial charge is 0.352 e. The predicted molar refractivity (Wildman–Crippen MR) is 92.4 cm³/mol. The lowest BCUT2D eigenvalue weighted by atomic mass is 10.2. The Labute approximate surface area is 144 Å². The summed E-state index contributed by atoms with van der Waals surface area (Å²) in [5.74, 6) is -0.0214. The summed E-state index contributed by atoms with van der Waals surface area (Å²) < 4.78 is 12.8. The van der Waals surface area contributed by atoms with Crippen LogP contribution in [0.5, 0.6) is 0 Å². The van der Waals surface area contributed by atoms with Gasteiger partial charge in [0.2, 0.25) is 11.8 Å². The summed E-state index contributed by atoms with van der Waals surface area (Å²) >= 11 is 1.52. The van der Waals surface area contributed by atoms with E-state index in [1.165, 1.54) is 23.9 Å². The number of halogens is 1. The van der Waals surface area contributed by atoms with Crippen LogP contribution in [-0.2, 0) is 16.1 Å². The number of carbonyl (C=O) groups excluding carboxylic acids is 2. The molecule has 24 heavy (non-hydrogen) atoms. The van der Waals surface area contributed by atoms with Crippen LogP contribution in [0.4, 0.5) is 10.1 Å². The summed E-state index contributed by atoms with van der Waals surface area (Å²) in [5, 5.41) is 2.79. The average Bonchev–Trinajstić information content (AvgIpc) is 2.60. The Morgan fingerprint density at radius 3 is 2.71 bits per heavy atom. The van der Waals surface area contributed by atoms with Crippen LogP contribution >= 0.6 is 11.8 Å². The van der Waals surface area contributed by atoms with Crippen molar-refractivity contribution in [1.82, 2.24) is 5.32 Å². The van der Waals surface area contributed by atoms with Crippen molar-refractivity contribution in [1.29, 1.82) is 0 Å². The number of amides is 2. The topological polar surface area (TPSA) is 49.4 Å². The fraction of sp³-hybridized carbons (Fsp3) is 0.222. The van der Waals surface area contributed by atoms with Crippen molar-refractivity contribution in [3.8, 4) is 0 Å². The van der Waals surface area contributed by atoms with Gasteiger partial charge in [-0.3, -0.25) is 9.59 Å². The number of thioether (sulfide) groups is 1. The molecule has 0 atom stereocenters. The molecule has 0 unspecified atom stereocenters. The summed E-state index contributed by atoms with van der Waals surface area (Å²) in [5.41, 5.74) is 1.70. The van der Waals surface area contributed by atoms with Crippen LogP contribution in [-0.4, -0.2) is 24.1 Å². The number of nitrogens with zero attached hydrogens (tertiary/aromatic N) is 1. The molecule has 0 saturated heterocycles. The van der Waals surface area contributed by atoms with Crippen LogP contribution < -0.4 is 10.2 Å². The van der Waals surface area contributed by atoms with Gasteiger partial charge in [0.25, 0.3) is 0 Å². The highest BCUT2D eigenvalue weighted by Crippen LogP contribution is 2.34. The third-order valence-electron chi connectivity index (χ3n) is 3.77. The molecule has 2 aromatic rings. The SMILES string of the molecule is O=C(CCN1C(=O)CSc2ccccc21)NCc1ccc(F)cc1. The maximum atomic E-state index is 12.8. The van der Waals surface area contributed by atoms with E-state index in [2.05, 4.69) is 5.32 Å². The van der Waals surface area contributed by atoms with Gasteiger partial charge in [-0.25, -0.2) is 4.39 Å². The summed E-state index contributed by atoms with van der Waals surface area (Å²) in [4.78, 5) is 26.9. The minimum atomic E-state index is -0.301. The molecule has 3 rings (SSSR count). The van der Waals surface area contributed by atoms with Crippen LogP contribution in [0.2, 0.25) is 0 Å². The fourth-order valence-corrected chi connectivity index (χ4v) is 3.44. The minimum absolute atomic E-state index is 0.0186. The highest BCUT2D eigenvalue weighted by Gasteiger charge is 2.24. The molecule has 1 N–H and O–H groups in total. The van der Waals surface area contributed by atoms with E-state index < -0.39 is 0 Å². The maximum absolute atomic E-state index is 12.8. The number of anilines is 1. The number of hydrogen-bond acceptors (Lipinski definition) is 3.